The molecule has 0 aromatic heterocycles. The van der Waals surface area contributed by atoms with E-state index >= 15 is 0 Å². The van der Waals surface area contributed by atoms with E-state index in [9.17, 15) is 9.18 Å². The van der Waals surface area contributed by atoms with Gasteiger partial charge >= 0.3 is 0 Å². The van der Waals surface area contributed by atoms with Gasteiger partial charge in [0.05, 0.1) is 0 Å². The summed E-state index contributed by atoms with van der Waals surface area (Å²) in [5.74, 6) is -0.539. The molecule has 1 aromatic rings. The predicted molar refractivity (Wildman–Crippen MR) is 77.4 cm³/mol. The molecule has 1 aliphatic heterocycles. The fraction of sp³-hybridized carbons (Fsp3) is 0.533. The van der Waals surface area contributed by atoms with Crippen molar-refractivity contribution in [2.24, 2.45) is 0 Å². The van der Waals surface area contributed by atoms with Gasteiger partial charge < -0.3 is 15.5 Å². The fourth-order valence-corrected chi connectivity index (χ4v) is 2.28. The third-order valence-electron chi connectivity index (χ3n) is 3.58. The number of piperazine rings is 1. The van der Waals surface area contributed by atoms with Crippen LogP contribution in [0.4, 0.5) is 4.39 Å². The van der Waals surface area contributed by atoms with Gasteiger partial charge in [0, 0.05) is 38.3 Å². The number of amides is 1. The number of hydrogen-bond donors (Lipinski definition) is 2. The molecule has 1 aliphatic rings. The molecule has 4 nitrogen and oxygen atoms in total. The third kappa shape index (κ3) is 4.28. The number of aryl methyl sites for hydroxylation is 1. The van der Waals surface area contributed by atoms with E-state index in [1.807, 2.05) is 0 Å². The van der Waals surface area contributed by atoms with Crippen LogP contribution in [0.2, 0.25) is 0 Å². The Morgan fingerprint density at radius 1 is 1.40 bits per heavy atom. The maximum absolute atomic E-state index is 13.4. The topological polar surface area (TPSA) is 44.4 Å². The molecule has 20 heavy (non-hydrogen) atoms. The molecule has 1 heterocycles. The molecule has 110 valence electrons. The normalized spacial score (nSPS) is 16.1. The lowest BCUT2D eigenvalue weighted by Crippen LogP contribution is -2.44. The number of carbonyl (C=O) groups excluding carboxylic acids is 1. The molecule has 1 saturated heterocycles. The number of nitrogens with zero attached hydrogens (tertiary/aromatic N) is 1. The zero-order chi connectivity index (χ0) is 14.4. The minimum Gasteiger partial charge on any atom is -0.352 e. The standard InChI is InChI=1S/C15H22FN3O/c1-12-3-4-13(11-14(12)16)15(20)18-5-2-8-19-9-6-17-7-10-19/h3-4,11,17H,2,5-10H2,1H3,(H,18,20). The average Bonchev–Trinajstić information content (AvgIpc) is 2.47. The van der Waals surface area contributed by atoms with Gasteiger partial charge in [0.2, 0.25) is 0 Å². The summed E-state index contributed by atoms with van der Waals surface area (Å²) < 4.78 is 13.4. The van der Waals surface area contributed by atoms with Crippen LogP contribution in [0.3, 0.4) is 0 Å². The molecular formula is C15H22FN3O. The summed E-state index contributed by atoms with van der Waals surface area (Å²) in [5, 5.41) is 6.15. The van der Waals surface area contributed by atoms with E-state index in [0.29, 0.717) is 17.7 Å². The number of hydrogen-bond acceptors (Lipinski definition) is 3. The Morgan fingerprint density at radius 3 is 2.85 bits per heavy atom. The summed E-state index contributed by atoms with van der Waals surface area (Å²) in [6.45, 7) is 7.51. The minimum atomic E-state index is -0.335. The lowest BCUT2D eigenvalue weighted by molar-refractivity contribution is 0.0951. The molecular weight excluding hydrogens is 257 g/mol. The molecule has 0 atom stereocenters. The second-order valence-corrected chi connectivity index (χ2v) is 5.17. The lowest BCUT2D eigenvalue weighted by Gasteiger charge is -2.27. The van der Waals surface area contributed by atoms with E-state index in [1.165, 1.54) is 6.07 Å². The first-order valence-corrected chi connectivity index (χ1v) is 7.14. The predicted octanol–water partition coefficient (Wildman–Crippen LogP) is 1.16. The van der Waals surface area contributed by atoms with E-state index < -0.39 is 0 Å². The summed E-state index contributed by atoms with van der Waals surface area (Å²) in [5.41, 5.74) is 0.940. The van der Waals surface area contributed by atoms with Crippen molar-refractivity contribution in [2.75, 3.05) is 39.3 Å². The molecule has 1 fully saturated rings. The largest absolute Gasteiger partial charge is 0.352 e. The van der Waals surface area contributed by atoms with Gasteiger partial charge in [-0.15, -0.1) is 0 Å². The molecule has 1 aromatic carbocycles. The van der Waals surface area contributed by atoms with Crippen molar-refractivity contribution in [1.29, 1.82) is 0 Å². The summed E-state index contributed by atoms with van der Waals surface area (Å²) in [6.07, 6.45) is 0.917. The first-order chi connectivity index (χ1) is 9.66. The van der Waals surface area contributed by atoms with Crippen molar-refractivity contribution < 1.29 is 9.18 Å². The highest BCUT2D eigenvalue weighted by molar-refractivity contribution is 5.94. The minimum absolute atomic E-state index is 0.204. The smallest absolute Gasteiger partial charge is 0.251 e. The molecule has 5 heteroatoms. The number of benzene rings is 1. The van der Waals surface area contributed by atoms with Crippen molar-refractivity contribution in [3.63, 3.8) is 0 Å². The molecule has 0 saturated carbocycles. The number of nitrogens with one attached hydrogen (secondary N) is 2. The van der Waals surface area contributed by atoms with Crippen molar-refractivity contribution in [2.45, 2.75) is 13.3 Å². The number of carbonyl (C=O) groups is 1. The van der Waals surface area contributed by atoms with Gasteiger partial charge in [-0.1, -0.05) is 6.07 Å². The van der Waals surface area contributed by atoms with E-state index in [0.717, 1.165) is 39.1 Å². The van der Waals surface area contributed by atoms with Gasteiger partial charge in [0.15, 0.2) is 0 Å². The van der Waals surface area contributed by atoms with Crippen LogP contribution in [0.15, 0.2) is 18.2 Å². The average molecular weight is 279 g/mol. The SMILES string of the molecule is Cc1ccc(C(=O)NCCCN2CCNCC2)cc1F. The van der Waals surface area contributed by atoms with Crippen LogP contribution in [-0.4, -0.2) is 50.1 Å². The number of rotatable bonds is 5. The summed E-state index contributed by atoms with van der Waals surface area (Å²) >= 11 is 0. The van der Waals surface area contributed by atoms with Gasteiger partial charge in [-0.25, -0.2) is 4.39 Å². The Labute approximate surface area is 119 Å². The Balaban J connectivity index is 1.70. The zero-order valence-corrected chi connectivity index (χ0v) is 11.9. The quantitative estimate of drug-likeness (QED) is 0.795. The fourth-order valence-electron chi connectivity index (χ4n) is 2.28. The second-order valence-electron chi connectivity index (χ2n) is 5.17. The Morgan fingerprint density at radius 2 is 2.15 bits per heavy atom. The van der Waals surface area contributed by atoms with E-state index in [-0.39, 0.29) is 11.7 Å². The highest BCUT2D eigenvalue weighted by Crippen LogP contribution is 2.08. The first-order valence-electron chi connectivity index (χ1n) is 7.14. The van der Waals surface area contributed by atoms with Crippen LogP contribution >= 0.6 is 0 Å². The van der Waals surface area contributed by atoms with E-state index in [4.69, 9.17) is 0 Å². The van der Waals surface area contributed by atoms with Crippen LogP contribution in [0.1, 0.15) is 22.3 Å². The molecule has 0 unspecified atom stereocenters. The van der Waals surface area contributed by atoms with Crippen molar-refractivity contribution in [3.8, 4) is 0 Å². The van der Waals surface area contributed by atoms with Crippen LogP contribution in [0.25, 0.3) is 0 Å². The second kappa shape index (κ2) is 7.36. The monoisotopic (exact) mass is 279 g/mol. The Bertz CT molecular complexity index is 458. The maximum Gasteiger partial charge on any atom is 0.251 e. The highest BCUT2D eigenvalue weighted by Gasteiger charge is 2.10. The van der Waals surface area contributed by atoms with Crippen LogP contribution in [0, 0.1) is 12.7 Å². The maximum atomic E-state index is 13.4. The molecule has 0 aliphatic carbocycles. The van der Waals surface area contributed by atoms with Crippen LogP contribution in [-0.2, 0) is 0 Å². The summed E-state index contributed by atoms with van der Waals surface area (Å²) in [6, 6.07) is 4.58. The van der Waals surface area contributed by atoms with E-state index in [1.54, 1.807) is 19.1 Å². The first kappa shape index (κ1) is 14.9. The Kier molecular flexibility index (Phi) is 5.49. The molecule has 2 N–H and O–H groups in total. The Hall–Kier alpha value is -1.46. The van der Waals surface area contributed by atoms with Crippen LogP contribution < -0.4 is 10.6 Å². The summed E-state index contributed by atoms with van der Waals surface area (Å²) in [4.78, 5) is 14.2. The molecule has 2 rings (SSSR count). The van der Waals surface area contributed by atoms with E-state index in [2.05, 4.69) is 15.5 Å². The summed E-state index contributed by atoms with van der Waals surface area (Å²) in [7, 11) is 0. The van der Waals surface area contributed by atoms with Gasteiger partial charge in [-0.05, 0) is 37.6 Å². The van der Waals surface area contributed by atoms with Crippen molar-refractivity contribution in [3.05, 3.63) is 35.1 Å². The van der Waals surface area contributed by atoms with Gasteiger partial charge in [0.25, 0.3) is 5.91 Å². The highest BCUT2D eigenvalue weighted by atomic mass is 19.1. The van der Waals surface area contributed by atoms with Gasteiger partial charge in [0.1, 0.15) is 5.82 Å². The third-order valence-corrected chi connectivity index (χ3v) is 3.58. The van der Waals surface area contributed by atoms with Crippen LogP contribution in [0.5, 0.6) is 0 Å². The molecule has 1 amide bonds. The van der Waals surface area contributed by atoms with Crippen molar-refractivity contribution in [1.82, 2.24) is 15.5 Å². The lowest BCUT2D eigenvalue weighted by atomic mass is 10.1. The van der Waals surface area contributed by atoms with Gasteiger partial charge in [-0.2, -0.15) is 0 Å². The molecule has 0 radical (unpaired) electrons. The molecule has 0 spiro atoms. The van der Waals surface area contributed by atoms with Gasteiger partial charge in [-0.3, -0.25) is 4.79 Å². The molecule has 0 bridgehead atoms. The zero-order valence-electron chi connectivity index (χ0n) is 11.9. The van der Waals surface area contributed by atoms with Crippen molar-refractivity contribution >= 4 is 5.91 Å². The number of halogens is 1.